The highest BCUT2D eigenvalue weighted by Crippen LogP contribution is 2.26. The fraction of sp³-hybridized carbons (Fsp3) is 0.133. The monoisotopic (exact) mass is 338 g/mol. The SMILES string of the molecule is COc1ccc(C(=O)c2cc(C)cc(Br)c2)c(Cl)c1. The largest absolute Gasteiger partial charge is 0.497 e. The highest BCUT2D eigenvalue weighted by molar-refractivity contribution is 9.10. The van der Waals surface area contributed by atoms with Crippen LogP contribution in [0.1, 0.15) is 21.5 Å². The zero-order valence-corrected chi connectivity index (χ0v) is 12.9. The number of ketones is 1. The second-order valence-corrected chi connectivity index (χ2v) is 5.52. The lowest BCUT2D eigenvalue weighted by Crippen LogP contribution is -2.03. The van der Waals surface area contributed by atoms with Crippen LogP contribution in [-0.4, -0.2) is 12.9 Å². The van der Waals surface area contributed by atoms with Gasteiger partial charge in [0.1, 0.15) is 5.75 Å². The Morgan fingerprint density at radius 3 is 2.53 bits per heavy atom. The number of carbonyl (C=O) groups is 1. The van der Waals surface area contributed by atoms with E-state index in [1.807, 2.05) is 19.1 Å². The molecular formula is C15H12BrClO2. The van der Waals surface area contributed by atoms with Crippen LogP contribution in [0.5, 0.6) is 5.75 Å². The normalized spacial score (nSPS) is 10.3. The lowest BCUT2D eigenvalue weighted by Gasteiger charge is -2.07. The Morgan fingerprint density at radius 2 is 1.95 bits per heavy atom. The van der Waals surface area contributed by atoms with Crippen LogP contribution < -0.4 is 4.74 Å². The first kappa shape index (κ1) is 14.1. The fourth-order valence-electron chi connectivity index (χ4n) is 1.83. The minimum absolute atomic E-state index is 0.1000. The van der Waals surface area contributed by atoms with E-state index in [2.05, 4.69) is 15.9 Å². The Balaban J connectivity index is 2.44. The molecule has 0 aromatic heterocycles. The van der Waals surface area contributed by atoms with Crippen molar-refractivity contribution < 1.29 is 9.53 Å². The van der Waals surface area contributed by atoms with Gasteiger partial charge in [0.25, 0.3) is 0 Å². The van der Waals surface area contributed by atoms with Crippen molar-refractivity contribution in [2.75, 3.05) is 7.11 Å². The Morgan fingerprint density at radius 1 is 1.21 bits per heavy atom. The average molecular weight is 340 g/mol. The number of methoxy groups -OCH3 is 1. The Bertz CT molecular complexity index is 618. The van der Waals surface area contributed by atoms with E-state index >= 15 is 0 Å². The molecule has 0 N–H and O–H groups in total. The number of hydrogen-bond acceptors (Lipinski definition) is 2. The summed E-state index contributed by atoms with van der Waals surface area (Å²) in [4.78, 5) is 12.4. The highest BCUT2D eigenvalue weighted by Gasteiger charge is 2.14. The summed E-state index contributed by atoms with van der Waals surface area (Å²) in [6.07, 6.45) is 0. The van der Waals surface area contributed by atoms with Crippen LogP contribution in [0.25, 0.3) is 0 Å². The van der Waals surface area contributed by atoms with Crippen LogP contribution in [0.3, 0.4) is 0 Å². The molecule has 0 bridgehead atoms. The quantitative estimate of drug-likeness (QED) is 0.761. The first-order valence-corrected chi connectivity index (χ1v) is 6.84. The highest BCUT2D eigenvalue weighted by atomic mass is 79.9. The molecule has 0 saturated heterocycles. The summed E-state index contributed by atoms with van der Waals surface area (Å²) >= 11 is 9.51. The van der Waals surface area contributed by atoms with Crippen molar-refractivity contribution in [3.8, 4) is 5.75 Å². The Hall–Kier alpha value is -1.32. The number of hydrogen-bond donors (Lipinski definition) is 0. The molecule has 19 heavy (non-hydrogen) atoms. The third-order valence-corrected chi connectivity index (χ3v) is 3.50. The van der Waals surface area contributed by atoms with Gasteiger partial charge < -0.3 is 4.74 Å². The first-order valence-electron chi connectivity index (χ1n) is 5.66. The minimum Gasteiger partial charge on any atom is -0.497 e. The fourth-order valence-corrected chi connectivity index (χ4v) is 2.69. The third-order valence-electron chi connectivity index (χ3n) is 2.73. The molecule has 0 amide bonds. The maximum atomic E-state index is 12.4. The molecule has 0 saturated carbocycles. The van der Waals surface area contributed by atoms with Gasteiger partial charge in [-0.2, -0.15) is 0 Å². The van der Waals surface area contributed by atoms with Crippen molar-refractivity contribution in [1.82, 2.24) is 0 Å². The summed E-state index contributed by atoms with van der Waals surface area (Å²) in [5, 5.41) is 0.391. The van der Waals surface area contributed by atoms with Crippen molar-refractivity contribution in [2.24, 2.45) is 0 Å². The Labute approximate surface area is 125 Å². The minimum atomic E-state index is -0.1000. The van der Waals surface area contributed by atoms with Gasteiger partial charge in [-0.3, -0.25) is 4.79 Å². The molecule has 2 aromatic carbocycles. The van der Waals surface area contributed by atoms with Gasteiger partial charge >= 0.3 is 0 Å². The summed E-state index contributed by atoms with van der Waals surface area (Å²) in [5.41, 5.74) is 2.10. The maximum absolute atomic E-state index is 12.4. The van der Waals surface area contributed by atoms with Crippen molar-refractivity contribution in [3.63, 3.8) is 0 Å². The van der Waals surface area contributed by atoms with Gasteiger partial charge in [0.05, 0.1) is 12.1 Å². The number of ether oxygens (including phenoxy) is 1. The average Bonchev–Trinajstić information content (AvgIpc) is 2.36. The topological polar surface area (TPSA) is 26.3 Å². The number of aryl methyl sites for hydroxylation is 1. The van der Waals surface area contributed by atoms with Crippen molar-refractivity contribution in [3.05, 3.63) is 62.6 Å². The van der Waals surface area contributed by atoms with Gasteiger partial charge in [0.2, 0.25) is 0 Å². The molecule has 0 spiro atoms. The van der Waals surface area contributed by atoms with Crippen LogP contribution >= 0.6 is 27.5 Å². The second kappa shape index (κ2) is 5.76. The molecule has 0 aliphatic rings. The van der Waals surface area contributed by atoms with Crippen LogP contribution in [0.15, 0.2) is 40.9 Å². The van der Waals surface area contributed by atoms with E-state index in [0.29, 0.717) is 21.9 Å². The van der Waals surface area contributed by atoms with Gasteiger partial charge in [-0.1, -0.05) is 27.5 Å². The number of carbonyl (C=O) groups excluding carboxylic acids is 1. The van der Waals surface area contributed by atoms with Gasteiger partial charge in [0.15, 0.2) is 5.78 Å². The smallest absolute Gasteiger partial charge is 0.194 e. The molecule has 2 nitrogen and oxygen atoms in total. The number of rotatable bonds is 3. The molecule has 0 heterocycles. The van der Waals surface area contributed by atoms with Crippen LogP contribution in [-0.2, 0) is 0 Å². The standard InChI is InChI=1S/C15H12BrClO2/c1-9-5-10(7-11(16)6-9)15(18)13-4-3-12(19-2)8-14(13)17/h3-8H,1-2H3. The van der Waals surface area contributed by atoms with Crippen LogP contribution in [0, 0.1) is 6.92 Å². The van der Waals surface area contributed by atoms with E-state index in [4.69, 9.17) is 16.3 Å². The summed E-state index contributed by atoms with van der Waals surface area (Å²) in [6, 6.07) is 10.6. The predicted molar refractivity (Wildman–Crippen MR) is 80.3 cm³/mol. The van der Waals surface area contributed by atoms with Gasteiger partial charge in [-0.05, 0) is 48.9 Å². The van der Waals surface area contributed by atoms with E-state index in [0.717, 1.165) is 10.0 Å². The van der Waals surface area contributed by atoms with E-state index < -0.39 is 0 Å². The summed E-state index contributed by atoms with van der Waals surface area (Å²) in [5.74, 6) is 0.532. The molecule has 0 fully saturated rings. The van der Waals surface area contributed by atoms with E-state index in [-0.39, 0.29) is 5.78 Å². The van der Waals surface area contributed by atoms with Crippen LogP contribution in [0.2, 0.25) is 5.02 Å². The molecule has 0 atom stereocenters. The first-order chi connectivity index (χ1) is 9.01. The zero-order chi connectivity index (χ0) is 14.0. The Kier molecular flexibility index (Phi) is 4.27. The van der Waals surface area contributed by atoms with Crippen molar-refractivity contribution >= 4 is 33.3 Å². The third kappa shape index (κ3) is 3.17. The van der Waals surface area contributed by atoms with E-state index in [9.17, 15) is 4.79 Å². The molecule has 2 aromatic rings. The molecule has 0 radical (unpaired) electrons. The molecule has 4 heteroatoms. The van der Waals surface area contributed by atoms with E-state index in [1.54, 1.807) is 31.4 Å². The number of halogens is 2. The summed E-state index contributed by atoms with van der Waals surface area (Å²) < 4.78 is 5.95. The zero-order valence-electron chi connectivity index (χ0n) is 10.5. The van der Waals surface area contributed by atoms with Gasteiger partial charge in [0, 0.05) is 15.6 Å². The molecule has 0 aliphatic carbocycles. The summed E-state index contributed by atoms with van der Waals surface area (Å²) in [6.45, 7) is 1.94. The lowest BCUT2D eigenvalue weighted by molar-refractivity contribution is 0.103. The van der Waals surface area contributed by atoms with E-state index in [1.165, 1.54) is 0 Å². The molecule has 98 valence electrons. The molecule has 0 unspecified atom stereocenters. The van der Waals surface area contributed by atoms with Gasteiger partial charge in [-0.25, -0.2) is 0 Å². The maximum Gasteiger partial charge on any atom is 0.194 e. The second-order valence-electron chi connectivity index (χ2n) is 4.19. The molecule has 0 aliphatic heterocycles. The lowest BCUT2D eigenvalue weighted by atomic mass is 10.0. The van der Waals surface area contributed by atoms with Gasteiger partial charge in [-0.15, -0.1) is 0 Å². The number of benzene rings is 2. The predicted octanol–water partition coefficient (Wildman–Crippen LogP) is 4.65. The molecular weight excluding hydrogens is 328 g/mol. The summed E-state index contributed by atoms with van der Waals surface area (Å²) in [7, 11) is 1.56. The van der Waals surface area contributed by atoms with Crippen LogP contribution in [0.4, 0.5) is 0 Å². The molecule has 2 rings (SSSR count). The van der Waals surface area contributed by atoms with Crippen molar-refractivity contribution in [2.45, 2.75) is 6.92 Å². The van der Waals surface area contributed by atoms with Crippen molar-refractivity contribution in [1.29, 1.82) is 0 Å².